The van der Waals surface area contributed by atoms with E-state index in [-0.39, 0.29) is 10.8 Å². The van der Waals surface area contributed by atoms with Gasteiger partial charge in [-0.15, -0.1) is 0 Å². The maximum atomic E-state index is 12.9. The monoisotopic (exact) mass is 466 g/mol. The fourth-order valence-electron chi connectivity index (χ4n) is 3.58. The first-order valence-electron chi connectivity index (χ1n) is 10.7. The van der Waals surface area contributed by atoms with Gasteiger partial charge in [0.05, 0.1) is 18.1 Å². The van der Waals surface area contributed by atoms with Crippen molar-refractivity contribution >= 4 is 21.6 Å². The molecule has 8 heteroatoms. The second-order valence-corrected chi connectivity index (χ2v) is 9.59. The third-order valence-electron chi connectivity index (χ3n) is 5.35. The number of benzene rings is 3. The number of hydrogen-bond donors (Lipinski definition) is 1. The minimum atomic E-state index is -3.65. The number of ether oxygens (including phenoxy) is 2. The van der Waals surface area contributed by atoms with Crippen molar-refractivity contribution in [1.29, 1.82) is 0 Å². The van der Waals surface area contributed by atoms with Crippen molar-refractivity contribution in [3.8, 4) is 16.9 Å². The molecule has 0 unspecified atom stereocenters. The van der Waals surface area contributed by atoms with Gasteiger partial charge in [-0.25, -0.2) is 8.42 Å². The summed E-state index contributed by atoms with van der Waals surface area (Å²) in [6.45, 7) is 3.02. The van der Waals surface area contributed by atoms with Gasteiger partial charge in [-0.3, -0.25) is 4.79 Å². The van der Waals surface area contributed by atoms with E-state index < -0.39 is 16.1 Å². The predicted octanol–water partition coefficient (Wildman–Crippen LogP) is 3.78. The van der Waals surface area contributed by atoms with Crippen LogP contribution in [-0.4, -0.2) is 51.0 Å². The minimum absolute atomic E-state index is 0.130. The second-order valence-electron chi connectivity index (χ2n) is 7.66. The number of carbonyl (C=O) groups is 1. The Kier molecular flexibility index (Phi) is 7.08. The Morgan fingerprint density at radius 3 is 2.42 bits per heavy atom. The van der Waals surface area contributed by atoms with Crippen LogP contribution in [0.2, 0.25) is 0 Å². The zero-order chi connectivity index (χ0) is 23.3. The quantitative estimate of drug-likeness (QED) is 0.573. The van der Waals surface area contributed by atoms with Gasteiger partial charge in [-0.05, 0) is 36.8 Å². The van der Waals surface area contributed by atoms with Gasteiger partial charge in [0, 0.05) is 24.3 Å². The summed E-state index contributed by atoms with van der Waals surface area (Å²) in [6.07, 6.45) is -0.797. The van der Waals surface area contributed by atoms with Crippen LogP contribution in [-0.2, 0) is 19.6 Å². The van der Waals surface area contributed by atoms with Crippen LogP contribution in [0.15, 0.2) is 83.8 Å². The Morgan fingerprint density at radius 1 is 0.970 bits per heavy atom. The molecule has 0 spiro atoms. The van der Waals surface area contributed by atoms with Crippen LogP contribution in [0.3, 0.4) is 0 Å². The van der Waals surface area contributed by atoms with Gasteiger partial charge < -0.3 is 14.8 Å². The van der Waals surface area contributed by atoms with Crippen LogP contribution in [0, 0.1) is 0 Å². The molecule has 1 atom stereocenters. The van der Waals surface area contributed by atoms with Crippen LogP contribution in [0.1, 0.15) is 6.92 Å². The molecule has 172 valence electrons. The van der Waals surface area contributed by atoms with E-state index in [2.05, 4.69) is 5.32 Å². The number of rotatable bonds is 7. The fourth-order valence-corrected chi connectivity index (χ4v) is 5.04. The van der Waals surface area contributed by atoms with Gasteiger partial charge in [0.25, 0.3) is 5.91 Å². The fraction of sp³-hybridized carbons (Fsp3) is 0.240. The molecule has 1 saturated heterocycles. The Morgan fingerprint density at radius 2 is 1.67 bits per heavy atom. The molecule has 3 aromatic rings. The van der Waals surface area contributed by atoms with E-state index >= 15 is 0 Å². The van der Waals surface area contributed by atoms with Crippen LogP contribution in [0.5, 0.6) is 5.75 Å². The first-order valence-corrected chi connectivity index (χ1v) is 12.2. The molecule has 7 nitrogen and oxygen atoms in total. The molecule has 0 aliphatic carbocycles. The van der Waals surface area contributed by atoms with Crippen LogP contribution >= 0.6 is 0 Å². The lowest BCUT2D eigenvalue weighted by molar-refractivity contribution is -0.122. The summed E-state index contributed by atoms with van der Waals surface area (Å²) in [5, 5.41) is 2.77. The maximum Gasteiger partial charge on any atom is 0.265 e. The number of amides is 1. The summed E-state index contributed by atoms with van der Waals surface area (Å²) in [6, 6.07) is 23.6. The largest absolute Gasteiger partial charge is 0.480 e. The number of sulfonamides is 1. The molecule has 1 aliphatic rings. The second kappa shape index (κ2) is 10.2. The van der Waals surface area contributed by atoms with E-state index in [0.29, 0.717) is 37.7 Å². The zero-order valence-electron chi connectivity index (χ0n) is 18.3. The minimum Gasteiger partial charge on any atom is -0.480 e. The molecule has 1 aliphatic heterocycles. The molecule has 0 radical (unpaired) electrons. The summed E-state index contributed by atoms with van der Waals surface area (Å²) in [5.74, 6) is 0.216. The highest BCUT2D eigenvalue weighted by molar-refractivity contribution is 7.89. The third-order valence-corrected chi connectivity index (χ3v) is 7.25. The normalized spacial score (nSPS) is 15.5. The van der Waals surface area contributed by atoms with Crippen molar-refractivity contribution in [2.24, 2.45) is 0 Å². The molecule has 1 N–H and O–H groups in total. The highest BCUT2D eigenvalue weighted by Crippen LogP contribution is 2.30. The Labute approximate surface area is 194 Å². The summed E-state index contributed by atoms with van der Waals surface area (Å²) in [7, 11) is -3.65. The molecule has 0 bridgehead atoms. The first kappa shape index (κ1) is 23.0. The molecule has 33 heavy (non-hydrogen) atoms. The Balaban J connectivity index is 1.47. The molecule has 1 heterocycles. The number of nitrogens with one attached hydrogen (secondary N) is 1. The van der Waals surface area contributed by atoms with Crippen molar-refractivity contribution in [2.45, 2.75) is 17.9 Å². The van der Waals surface area contributed by atoms with Crippen LogP contribution < -0.4 is 10.1 Å². The van der Waals surface area contributed by atoms with Gasteiger partial charge in [0.1, 0.15) is 5.75 Å². The molecule has 1 amide bonds. The molecule has 0 aromatic heterocycles. The topological polar surface area (TPSA) is 84.9 Å². The standard InChI is InChI=1S/C25H26N2O5S/c1-19(32-24-13-6-5-12-23(24)20-8-3-2-4-9-20)25(28)26-21-10-7-11-22(18-21)33(29,30)27-14-16-31-17-15-27/h2-13,18-19H,14-17H2,1H3,(H,26,28)/t19-/m0/s1. The SMILES string of the molecule is C[C@H](Oc1ccccc1-c1ccccc1)C(=O)Nc1cccc(S(=O)(=O)N2CCOCC2)c1. The molecular formula is C25H26N2O5S. The third kappa shape index (κ3) is 5.42. The average Bonchev–Trinajstić information content (AvgIpc) is 2.85. The number of morpholine rings is 1. The van der Waals surface area contributed by atoms with E-state index in [1.807, 2.05) is 54.6 Å². The molecule has 0 saturated carbocycles. The predicted molar refractivity (Wildman–Crippen MR) is 127 cm³/mol. The summed E-state index contributed by atoms with van der Waals surface area (Å²) in [5.41, 5.74) is 2.26. The maximum absolute atomic E-state index is 12.9. The van der Waals surface area contributed by atoms with Crippen molar-refractivity contribution in [3.05, 3.63) is 78.9 Å². The number of anilines is 1. The summed E-state index contributed by atoms with van der Waals surface area (Å²) < 4.78 is 38.4. The smallest absolute Gasteiger partial charge is 0.265 e. The van der Waals surface area contributed by atoms with Crippen molar-refractivity contribution < 1.29 is 22.7 Å². The average molecular weight is 467 g/mol. The van der Waals surface area contributed by atoms with E-state index in [0.717, 1.165) is 11.1 Å². The molecule has 4 rings (SSSR count). The lowest BCUT2D eigenvalue weighted by Crippen LogP contribution is -2.40. The number of hydrogen-bond acceptors (Lipinski definition) is 5. The molecule has 1 fully saturated rings. The molecular weight excluding hydrogens is 440 g/mol. The number of carbonyl (C=O) groups excluding carboxylic acids is 1. The Hall–Kier alpha value is -3.20. The molecule has 3 aromatic carbocycles. The van der Waals surface area contributed by atoms with Crippen LogP contribution in [0.4, 0.5) is 5.69 Å². The van der Waals surface area contributed by atoms with Crippen molar-refractivity contribution in [1.82, 2.24) is 4.31 Å². The van der Waals surface area contributed by atoms with Crippen molar-refractivity contribution in [3.63, 3.8) is 0 Å². The lowest BCUT2D eigenvalue weighted by atomic mass is 10.0. The van der Waals surface area contributed by atoms with Gasteiger partial charge in [-0.1, -0.05) is 54.6 Å². The van der Waals surface area contributed by atoms with Gasteiger partial charge in [-0.2, -0.15) is 4.31 Å². The first-order chi connectivity index (χ1) is 15.9. The van der Waals surface area contributed by atoms with Crippen LogP contribution in [0.25, 0.3) is 11.1 Å². The van der Waals surface area contributed by atoms with E-state index in [1.165, 1.54) is 16.4 Å². The van der Waals surface area contributed by atoms with Gasteiger partial charge in [0.2, 0.25) is 10.0 Å². The summed E-state index contributed by atoms with van der Waals surface area (Å²) in [4.78, 5) is 12.9. The summed E-state index contributed by atoms with van der Waals surface area (Å²) >= 11 is 0. The van der Waals surface area contributed by atoms with E-state index in [1.54, 1.807) is 19.1 Å². The van der Waals surface area contributed by atoms with Gasteiger partial charge >= 0.3 is 0 Å². The Bertz CT molecular complexity index is 1210. The van der Waals surface area contributed by atoms with Gasteiger partial charge in [0.15, 0.2) is 6.10 Å². The zero-order valence-corrected chi connectivity index (χ0v) is 19.1. The number of para-hydroxylation sites is 1. The van der Waals surface area contributed by atoms with E-state index in [4.69, 9.17) is 9.47 Å². The number of nitrogens with zero attached hydrogens (tertiary/aromatic N) is 1. The highest BCUT2D eigenvalue weighted by atomic mass is 32.2. The lowest BCUT2D eigenvalue weighted by Gasteiger charge is -2.26. The van der Waals surface area contributed by atoms with E-state index in [9.17, 15) is 13.2 Å². The van der Waals surface area contributed by atoms with Crippen molar-refractivity contribution in [2.75, 3.05) is 31.6 Å². The highest BCUT2D eigenvalue weighted by Gasteiger charge is 2.26.